The van der Waals surface area contributed by atoms with Crippen molar-refractivity contribution in [3.8, 4) is 0 Å². The lowest BCUT2D eigenvalue weighted by molar-refractivity contribution is -0.116. The maximum Gasteiger partial charge on any atom is 0.280 e. The third-order valence-electron chi connectivity index (χ3n) is 4.65. The van der Waals surface area contributed by atoms with Gasteiger partial charge in [-0.15, -0.1) is 0 Å². The summed E-state index contributed by atoms with van der Waals surface area (Å²) in [6.45, 7) is 7.54. The zero-order valence-electron chi connectivity index (χ0n) is 15.7. The molecular weight excluding hydrogens is 344 g/mol. The van der Waals surface area contributed by atoms with Crippen molar-refractivity contribution in [2.75, 3.05) is 29.9 Å². The van der Waals surface area contributed by atoms with Gasteiger partial charge < -0.3 is 10.2 Å². The van der Waals surface area contributed by atoms with Crippen molar-refractivity contribution >= 4 is 29.1 Å². The first-order chi connectivity index (χ1) is 13.0. The summed E-state index contributed by atoms with van der Waals surface area (Å²) in [5.74, 6) is -1.46. The van der Waals surface area contributed by atoms with Crippen LogP contribution in [-0.2, 0) is 4.79 Å². The van der Waals surface area contributed by atoms with Crippen LogP contribution in [0.5, 0.6) is 0 Å². The fourth-order valence-corrected chi connectivity index (χ4v) is 3.16. The van der Waals surface area contributed by atoms with E-state index >= 15 is 0 Å². The second-order valence-corrected chi connectivity index (χ2v) is 6.32. The third kappa shape index (κ3) is 3.53. The molecule has 1 aliphatic heterocycles. The molecule has 7 nitrogen and oxygen atoms in total. The Morgan fingerprint density at radius 3 is 2.52 bits per heavy atom. The van der Waals surface area contributed by atoms with Gasteiger partial charge in [0.2, 0.25) is 5.91 Å². The van der Waals surface area contributed by atoms with Crippen LogP contribution in [-0.4, -0.2) is 47.2 Å². The monoisotopic (exact) mass is 366 g/mol. The molecule has 0 saturated heterocycles. The van der Waals surface area contributed by atoms with Crippen LogP contribution in [0, 0.1) is 6.92 Å². The highest BCUT2D eigenvalue weighted by Gasteiger charge is 2.37. The van der Waals surface area contributed by atoms with Gasteiger partial charge in [0.25, 0.3) is 11.8 Å². The van der Waals surface area contributed by atoms with E-state index in [1.54, 1.807) is 6.07 Å². The normalized spacial score (nSPS) is 12.9. The number of anilines is 2. The van der Waals surface area contributed by atoms with Crippen LogP contribution in [0.1, 0.15) is 40.3 Å². The number of amides is 3. The number of hydrogen-bond acceptors (Lipinski definition) is 5. The summed E-state index contributed by atoms with van der Waals surface area (Å²) >= 11 is 0. The van der Waals surface area contributed by atoms with Crippen LogP contribution in [0.15, 0.2) is 36.5 Å². The number of pyridine rings is 1. The predicted octanol–water partition coefficient (Wildman–Crippen LogP) is 2.47. The van der Waals surface area contributed by atoms with Crippen LogP contribution in [0.2, 0.25) is 0 Å². The van der Waals surface area contributed by atoms with E-state index in [0.29, 0.717) is 5.69 Å². The lowest BCUT2D eigenvalue weighted by Gasteiger charge is -2.22. The maximum atomic E-state index is 12.4. The molecule has 0 radical (unpaired) electrons. The molecule has 0 spiro atoms. The van der Waals surface area contributed by atoms with Gasteiger partial charge in [0.15, 0.2) is 0 Å². The van der Waals surface area contributed by atoms with Crippen molar-refractivity contribution < 1.29 is 14.4 Å². The number of rotatable bonds is 6. The summed E-state index contributed by atoms with van der Waals surface area (Å²) in [5.41, 5.74) is 2.98. The number of carbonyl (C=O) groups excluding carboxylic acids is 3. The van der Waals surface area contributed by atoms with Crippen molar-refractivity contribution in [1.29, 1.82) is 0 Å². The summed E-state index contributed by atoms with van der Waals surface area (Å²) in [6.07, 6.45) is 1.45. The van der Waals surface area contributed by atoms with Gasteiger partial charge in [-0.25, -0.2) is 0 Å². The molecular formula is C20H22N4O3. The summed E-state index contributed by atoms with van der Waals surface area (Å²) in [5, 5.41) is 2.78. The van der Waals surface area contributed by atoms with Crippen molar-refractivity contribution in [3.05, 3.63) is 53.3 Å². The minimum absolute atomic E-state index is 0.0926. The fourth-order valence-electron chi connectivity index (χ4n) is 3.16. The van der Waals surface area contributed by atoms with Crippen LogP contribution in [0.4, 0.5) is 11.4 Å². The summed E-state index contributed by atoms with van der Waals surface area (Å²) in [7, 11) is 0. The average Bonchev–Trinajstić information content (AvgIpc) is 2.90. The molecule has 7 heteroatoms. The van der Waals surface area contributed by atoms with E-state index in [1.165, 1.54) is 12.3 Å². The Labute approximate surface area is 158 Å². The van der Waals surface area contributed by atoms with Gasteiger partial charge in [0, 0.05) is 30.7 Å². The zero-order valence-corrected chi connectivity index (χ0v) is 15.7. The molecule has 0 saturated carbocycles. The molecule has 1 N–H and O–H groups in total. The number of aryl methyl sites for hydroxylation is 1. The lowest BCUT2D eigenvalue weighted by Crippen LogP contribution is -2.37. The number of benzene rings is 1. The molecule has 3 amide bonds. The largest absolute Gasteiger partial charge is 0.372 e. The van der Waals surface area contributed by atoms with E-state index in [0.717, 1.165) is 29.2 Å². The van der Waals surface area contributed by atoms with E-state index in [1.807, 2.05) is 25.1 Å². The first kappa shape index (κ1) is 18.6. The second-order valence-electron chi connectivity index (χ2n) is 6.32. The molecule has 1 aromatic carbocycles. The highest BCUT2D eigenvalue weighted by Crippen LogP contribution is 2.24. The molecule has 3 rings (SSSR count). The van der Waals surface area contributed by atoms with E-state index < -0.39 is 17.7 Å². The van der Waals surface area contributed by atoms with Gasteiger partial charge in [-0.3, -0.25) is 24.3 Å². The standard InChI is InChI=1S/C20H22N4O3/c1-4-23(5-2)14-8-9-16(13(3)11-14)22-17(25)12-24-19(26)15-7-6-10-21-18(15)20(24)27/h6-11H,4-5,12H2,1-3H3,(H,22,25). The smallest absolute Gasteiger partial charge is 0.280 e. The molecule has 1 aliphatic rings. The fraction of sp³-hybridized carbons (Fsp3) is 0.300. The quantitative estimate of drug-likeness (QED) is 0.794. The van der Waals surface area contributed by atoms with Gasteiger partial charge in [-0.05, 0) is 56.7 Å². The molecule has 2 aromatic rings. The van der Waals surface area contributed by atoms with Crippen LogP contribution in [0.25, 0.3) is 0 Å². The molecule has 2 heterocycles. The number of aromatic nitrogens is 1. The lowest BCUT2D eigenvalue weighted by atomic mass is 10.1. The summed E-state index contributed by atoms with van der Waals surface area (Å²) in [6, 6.07) is 8.92. The van der Waals surface area contributed by atoms with Crippen molar-refractivity contribution in [2.45, 2.75) is 20.8 Å². The predicted molar refractivity (Wildman–Crippen MR) is 103 cm³/mol. The Morgan fingerprint density at radius 1 is 1.15 bits per heavy atom. The summed E-state index contributed by atoms with van der Waals surface area (Å²) in [4.78, 5) is 44.1. The Hall–Kier alpha value is -3.22. The van der Waals surface area contributed by atoms with Gasteiger partial charge in [0.1, 0.15) is 12.2 Å². The molecule has 0 atom stereocenters. The van der Waals surface area contributed by atoms with Gasteiger partial charge >= 0.3 is 0 Å². The Morgan fingerprint density at radius 2 is 1.89 bits per heavy atom. The number of imide groups is 1. The molecule has 0 bridgehead atoms. The second kappa shape index (κ2) is 7.57. The van der Waals surface area contributed by atoms with Crippen molar-refractivity contribution in [1.82, 2.24) is 9.88 Å². The van der Waals surface area contributed by atoms with Crippen LogP contribution >= 0.6 is 0 Å². The van der Waals surface area contributed by atoms with Crippen molar-refractivity contribution in [3.63, 3.8) is 0 Å². The highest BCUT2D eigenvalue weighted by atomic mass is 16.2. The maximum absolute atomic E-state index is 12.4. The number of fused-ring (bicyclic) bond motifs is 1. The molecule has 1 aromatic heterocycles. The van der Waals surface area contributed by atoms with E-state index in [-0.39, 0.29) is 17.8 Å². The van der Waals surface area contributed by atoms with Gasteiger partial charge in [0.05, 0.1) is 5.56 Å². The Balaban J connectivity index is 1.70. The first-order valence-electron chi connectivity index (χ1n) is 8.92. The molecule has 0 fully saturated rings. The Kier molecular flexibility index (Phi) is 5.21. The van der Waals surface area contributed by atoms with E-state index in [2.05, 4.69) is 29.0 Å². The molecule has 0 unspecified atom stereocenters. The van der Waals surface area contributed by atoms with E-state index in [4.69, 9.17) is 0 Å². The summed E-state index contributed by atoms with van der Waals surface area (Å²) < 4.78 is 0. The molecule has 27 heavy (non-hydrogen) atoms. The number of nitrogens with one attached hydrogen (secondary N) is 1. The minimum atomic E-state index is -0.542. The van der Waals surface area contributed by atoms with Crippen molar-refractivity contribution in [2.24, 2.45) is 0 Å². The number of hydrogen-bond donors (Lipinski definition) is 1. The topological polar surface area (TPSA) is 82.6 Å². The molecule has 0 aliphatic carbocycles. The van der Waals surface area contributed by atoms with Crippen LogP contribution in [0.3, 0.4) is 0 Å². The number of nitrogens with zero attached hydrogens (tertiary/aromatic N) is 3. The zero-order chi connectivity index (χ0) is 19.6. The first-order valence-corrected chi connectivity index (χ1v) is 8.92. The van der Waals surface area contributed by atoms with Crippen LogP contribution < -0.4 is 10.2 Å². The highest BCUT2D eigenvalue weighted by molar-refractivity contribution is 6.21. The average molecular weight is 366 g/mol. The SMILES string of the molecule is CCN(CC)c1ccc(NC(=O)CN2C(=O)c3cccnc3C2=O)c(C)c1. The van der Waals surface area contributed by atoms with Gasteiger partial charge in [-0.1, -0.05) is 0 Å². The van der Waals surface area contributed by atoms with E-state index in [9.17, 15) is 14.4 Å². The molecule has 140 valence electrons. The third-order valence-corrected chi connectivity index (χ3v) is 4.65. The van der Waals surface area contributed by atoms with Gasteiger partial charge in [-0.2, -0.15) is 0 Å². The number of carbonyl (C=O) groups is 3. The minimum Gasteiger partial charge on any atom is -0.372 e. The Bertz CT molecular complexity index is 871.